The fraction of sp³-hybridized carbons (Fsp3) is 0.531. The molecule has 0 unspecified atom stereocenters. The van der Waals surface area contributed by atoms with Gasteiger partial charge in [0.15, 0.2) is 5.65 Å². The summed E-state index contributed by atoms with van der Waals surface area (Å²) in [6, 6.07) is 7.01. The molecule has 0 radical (unpaired) electrons. The minimum absolute atomic E-state index is 0.0837. The number of urea groups is 1. The van der Waals surface area contributed by atoms with Crippen LogP contribution in [0.2, 0.25) is 0 Å². The fourth-order valence-electron chi connectivity index (χ4n) is 6.67. The van der Waals surface area contributed by atoms with Gasteiger partial charge in [-0.05, 0) is 80.0 Å². The highest BCUT2D eigenvalue weighted by Crippen LogP contribution is 2.40. The number of likely N-dealkylation sites (tertiary alicyclic amines) is 1. The monoisotopic (exact) mass is 556 g/mol. The van der Waals surface area contributed by atoms with E-state index < -0.39 is 0 Å². The molecule has 4 aromatic rings. The van der Waals surface area contributed by atoms with Crippen LogP contribution in [-0.4, -0.2) is 99.7 Å². The summed E-state index contributed by atoms with van der Waals surface area (Å²) in [5.74, 6) is 0.819. The summed E-state index contributed by atoms with van der Waals surface area (Å²) >= 11 is 0. The number of rotatable bonds is 6. The smallest absolute Gasteiger partial charge is 0.317 e. The van der Waals surface area contributed by atoms with Crippen LogP contribution in [0.15, 0.2) is 30.7 Å². The molecule has 2 aliphatic heterocycles. The molecule has 218 valence electrons. The molecule has 0 bridgehead atoms. The van der Waals surface area contributed by atoms with Gasteiger partial charge in [-0.25, -0.2) is 14.3 Å². The number of H-pyrrole nitrogens is 1. The number of piperazine rings is 1. The Morgan fingerprint density at radius 3 is 2.56 bits per heavy atom. The molecule has 2 aliphatic rings. The predicted octanol–water partition coefficient (Wildman–Crippen LogP) is 4.75. The highest BCUT2D eigenvalue weighted by atomic mass is 16.2. The van der Waals surface area contributed by atoms with E-state index >= 15 is 0 Å². The maximum atomic E-state index is 12.9. The zero-order valence-corrected chi connectivity index (χ0v) is 25.2. The summed E-state index contributed by atoms with van der Waals surface area (Å²) in [5.41, 5.74) is 9.53. The molecule has 1 aromatic carbocycles. The Kier molecular flexibility index (Phi) is 7.74. The first-order valence-electron chi connectivity index (χ1n) is 15.2. The van der Waals surface area contributed by atoms with Crippen molar-refractivity contribution in [3.8, 4) is 11.3 Å². The molecule has 0 spiro atoms. The number of carbonyl (C=O) groups is 1. The number of piperidine rings is 1. The third-order valence-electron chi connectivity index (χ3n) is 9.39. The number of likely N-dealkylation sites (N-methyl/N-ethyl adjacent to an activating group) is 1. The molecule has 0 aliphatic carbocycles. The average Bonchev–Trinajstić information content (AvgIpc) is 3.60. The molecule has 9 nitrogen and oxygen atoms in total. The molecule has 41 heavy (non-hydrogen) atoms. The summed E-state index contributed by atoms with van der Waals surface area (Å²) in [6.07, 6.45) is 5.71. The van der Waals surface area contributed by atoms with Crippen LogP contribution >= 0.6 is 0 Å². The Hall–Kier alpha value is -3.43. The largest absolute Gasteiger partial charge is 0.354 e. The number of amides is 2. The van der Waals surface area contributed by atoms with E-state index in [1.165, 1.54) is 38.9 Å². The van der Waals surface area contributed by atoms with Gasteiger partial charge >= 0.3 is 6.03 Å². The lowest BCUT2D eigenvalue weighted by Crippen LogP contribution is -2.49. The Balaban J connectivity index is 1.15. The molecule has 5 heterocycles. The molecular formula is C32H44N8O. The van der Waals surface area contributed by atoms with Crippen molar-refractivity contribution in [3.63, 3.8) is 0 Å². The second kappa shape index (κ2) is 11.4. The molecule has 2 fully saturated rings. The minimum Gasteiger partial charge on any atom is -0.354 e. The van der Waals surface area contributed by atoms with E-state index in [-0.39, 0.29) is 6.03 Å². The number of carbonyl (C=O) groups excluding carboxylic acids is 1. The van der Waals surface area contributed by atoms with Crippen molar-refractivity contribution < 1.29 is 4.79 Å². The number of aromatic nitrogens is 4. The second-order valence-electron chi connectivity index (χ2n) is 12.3. The summed E-state index contributed by atoms with van der Waals surface area (Å²) < 4.78 is 1.88. The normalized spacial score (nSPS) is 17.8. The number of hydrogen-bond donors (Lipinski definition) is 2. The fourth-order valence-corrected chi connectivity index (χ4v) is 6.67. The van der Waals surface area contributed by atoms with Gasteiger partial charge in [-0.3, -0.25) is 4.90 Å². The predicted molar refractivity (Wildman–Crippen MR) is 165 cm³/mol. The van der Waals surface area contributed by atoms with Gasteiger partial charge in [0.2, 0.25) is 0 Å². The molecular weight excluding hydrogens is 512 g/mol. The Bertz CT molecular complexity index is 1540. The second-order valence-corrected chi connectivity index (χ2v) is 12.3. The summed E-state index contributed by atoms with van der Waals surface area (Å²) in [4.78, 5) is 27.8. The van der Waals surface area contributed by atoms with Crippen LogP contribution in [0.1, 0.15) is 60.8 Å². The summed E-state index contributed by atoms with van der Waals surface area (Å²) in [6.45, 7) is 16.5. The number of pyridine rings is 1. The van der Waals surface area contributed by atoms with Crippen LogP contribution in [-0.2, 0) is 0 Å². The van der Waals surface area contributed by atoms with Crippen LogP contribution in [0, 0.1) is 13.8 Å². The number of aromatic amines is 1. The van der Waals surface area contributed by atoms with Crippen molar-refractivity contribution in [1.82, 2.24) is 39.6 Å². The molecule has 9 heteroatoms. The third-order valence-corrected chi connectivity index (χ3v) is 9.39. The van der Waals surface area contributed by atoms with E-state index in [1.54, 1.807) is 6.33 Å². The maximum absolute atomic E-state index is 12.9. The Morgan fingerprint density at radius 1 is 1.07 bits per heavy atom. The Morgan fingerprint density at radius 2 is 1.83 bits per heavy atom. The molecule has 6 rings (SSSR count). The quantitative estimate of drug-likeness (QED) is 0.358. The highest BCUT2D eigenvalue weighted by Gasteiger charge is 2.26. The Labute approximate surface area is 242 Å². The van der Waals surface area contributed by atoms with Gasteiger partial charge in [0.05, 0.1) is 5.69 Å². The van der Waals surface area contributed by atoms with E-state index in [2.05, 4.69) is 89.3 Å². The number of hydrogen-bond acceptors (Lipinski definition) is 5. The van der Waals surface area contributed by atoms with Crippen molar-refractivity contribution >= 4 is 22.6 Å². The average molecular weight is 557 g/mol. The molecule has 0 atom stereocenters. The van der Waals surface area contributed by atoms with E-state index in [0.717, 1.165) is 76.4 Å². The molecule has 3 aromatic heterocycles. The van der Waals surface area contributed by atoms with Gasteiger partial charge in [-0.1, -0.05) is 19.9 Å². The van der Waals surface area contributed by atoms with Crippen molar-refractivity contribution in [3.05, 3.63) is 53.0 Å². The first-order chi connectivity index (χ1) is 19.8. The van der Waals surface area contributed by atoms with Crippen LogP contribution in [0.4, 0.5) is 4.79 Å². The highest BCUT2D eigenvalue weighted by molar-refractivity contribution is 5.92. The van der Waals surface area contributed by atoms with Crippen LogP contribution in [0.25, 0.3) is 27.8 Å². The lowest BCUT2D eigenvalue weighted by atomic mass is 9.87. The molecule has 2 amide bonds. The van der Waals surface area contributed by atoms with Crippen LogP contribution < -0.4 is 5.32 Å². The number of aryl methyl sites for hydroxylation is 1. The molecule has 0 saturated carbocycles. The molecule has 2 saturated heterocycles. The van der Waals surface area contributed by atoms with Crippen LogP contribution in [0.5, 0.6) is 0 Å². The zero-order chi connectivity index (χ0) is 28.7. The minimum atomic E-state index is 0.0837. The van der Waals surface area contributed by atoms with Gasteiger partial charge < -0.3 is 20.1 Å². The standard InChI is InChI=1S/C32H44N8O/c1-21(2)29-26-18-25(6-7-28(26)36-30(29)27-19-40-31(34-20-35-40)23(4)22(27)3)24-8-11-39(12-9-24)32(41)33-10-13-38-16-14-37(5)15-17-38/h6-7,18-21,24,36H,8-17H2,1-5H3,(H,33,41). The van der Waals surface area contributed by atoms with Crippen molar-refractivity contribution in [1.29, 1.82) is 0 Å². The lowest BCUT2D eigenvalue weighted by Gasteiger charge is -2.34. The zero-order valence-electron chi connectivity index (χ0n) is 25.2. The van der Waals surface area contributed by atoms with E-state index in [9.17, 15) is 4.79 Å². The summed E-state index contributed by atoms with van der Waals surface area (Å²) in [5, 5.41) is 8.89. The molecule has 2 N–H and O–H groups in total. The van der Waals surface area contributed by atoms with Gasteiger partial charge in [-0.15, -0.1) is 0 Å². The first-order valence-corrected chi connectivity index (χ1v) is 15.2. The van der Waals surface area contributed by atoms with Crippen molar-refractivity contribution in [2.24, 2.45) is 0 Å². The number of nitrogens with zero attached hydrogens (tertiary/aromatic N) is 6. The lowest BCUT2D eigenvalue weighted by molar-refractivity contribution is 0.151. The van der Waals surface area contributed by atoms with Crippen molar-refractivity contribution in [2.45, 2.75) is 52.4 Å². The summed E-state index contributed by atoms with van der Waals surface area (Å²) in [7, 11) is 2.17. The van der Waals surface area contributed by atoms with E-state index in [1.807, 2.05) is 9.42 Å². The van der Waals surface area contributed by atoms with E-state index in [0.29, 0.717) is 11.8 Å². The number of nitrogens with one attached hydrogen (secondary N) is 2. The number of benzene rings is 1. The topological polar surface area (TPSA) is 84.8 Å². The van der Waals surface area contributed by atoms with Gasteiger partial charge in [0, 0.05) is 75.0 Å². The van der Waals surface area contributed by atoms with Gasteiger partial charge in [-0.2, -0.15) is 5.10 Å². The van der Waals surface area contributed by atoms with Crippen molar-refractivity contribution in [2.75, 3.05) is 59.4 Å². The first kappa shape index (κ1) is 27.7. The van der Waals surface area contributed by atoms with Gasteiger partial charge in [0.25, 0.3) is 0 Å². The van der Waals surface area contributed by atoms with E-state index in [4.69, 9.17) is 0 Å². The number of fused-ring (bicyclic) bond motifs is 2. The van der Waals surface area contributed by atoms with Crippen LogP contribution in [0.3, 0.4) is 0 Å². The third kappa shape index (κ3) is 5.45. The van der Waals surface area contributed by atoms with Gasteiger partial charge in [0.1, 0.15) is 6.33 Å². The SMILES string of the molecule is Cc1c(-c2[nH]c3ccc(C4CCN(C(=O)NCCN5CCN(C)CC5)CC4)cc3c2C(C)C)cn2ncnc2c1C. The maximum Gasteiger partial charge on any atom is 0.317 e.